The molecule has 3 aromatic rings. The predicted octanol–water partition coefficient (Wildman–Crippen LogP) is 3.25. The first-order valence-corrected chi connectivity index (χ1v) is 11.0. The van der Waals surface area contributed by atoms with Crippen LogP contribution in [-0.4, -0.2) is 22.1 Å². The van der Waals surface area contributed by atoms with Gasteiger partial charge in [0.2, 0.25) is 0 Å². The SMILES string of the molecule is CCCCn1c(N)c(N(Cc2ccco2)C(=O)COc2ccc(C(C)C)cc2)c(=O)[nH]c1=O. The third kappa shape index (κ3) is 5.74. The van der Waals surface area contributed by atoms with Crippen LogP contribution in [-0.2, 0) is 17.9 Å². The summed E-state index contributed by atoms with van der Waals surface area (Å²) in [6, 6.07) is 10.8. The highest BCUT2D eigenvalue weighted by Gasteiger charge is 2.25. The van der Waals surface area contributed by atoms with Gasteiger partial charge in [-0.05, 0) is 42.2 Å². The van der Waals surface area contributed by atoms with Gasteiger partial charge in [-0.15, -0.1) is 0 Å². The molecule has 0 aliphatic rings. The molecule has 0 fully saturated rings. The van der Waals surface area contributed by atoms with Gasteiger partial charge in [0.25, 0.3) is 11.5 Å². The number of nitrogens with one attached hydrogen (secondary N) is 1. The van der Waals surface area contributed by atoms with Crippen molar-refractivity contribution in [2.45, 2.75) is 52.6 Å². The Labute approximate surface area is 191 Å². The Morgan fingerprint density at radius 3 is 2.55 bits per heavy atom. The molecule has 2 aromatic heterocycles. The number of ether oxygens (including phenoxy) is 1. The molecule has 0 saturated heterocycles. The number of unbranched alkanes of at least 4 members (excludes halogenated alkanes) is 1. The van der Waals surface area contributed by atoms with Gasteiger partial charge in [0, 0.05) is 6.54 Å². The Hall–Kier alpha value is -3.75. The molecular formula is C24H30N4O5. The minimum Gasteiger partial charge on any atom is -0.484 e. The van der Waals surface area contributed by atoms with Gasteiger partial charge in [0.15, 0.2) is 12.3 Å². The third-order valence-corrected chi connectivity index (χ3v) is 5.32. The predicted molar refractivity (Wildman–Crippen MR) is 127 cm³/mol. The summed E-state index contributed by atoms with van der Waals surface area (Å²) in [4.78, 5) is 41.7. The summed E-state index contributed by atoms with van der Waals surface area (Å²) in [5.41, 5.74) is 5.92. The number of furan rings is 1. The number of carbonyl (C=O) groups is 1. The fourth-order valence-electron chi connectivity index (χ4n) is 3.40. The van der Waals surface area contributed by atoms with Crippen LogP contribution in [0.3, 0.4) is 0 Å². The van der Waals surface area contributed by atoms with Crippen molar-refractivity contribution >= 4 is 17.4 Å². The summed E-state index contributed by atoms with van der Waals surface area (Å²) in [5, 5.41) is 0. The standard InChI is InChI=1S/C24H30N4O5/c1-4-5-12-27-22(25)21(23(30)26-24(27)31)28(14-19-7-6-13-32-19)20(29)15-33-18-10-8-17(9-11-18)16(2)3/h6-11,13,16H,4-5,12,14-15,25H2,1-3H3,(H,26,30,31). The highest BCUT2D eigenvalue weighted by Crippen LogP contribution is 2.22. The van der Waals surface area contributed by atoms with E-state index in [1.807, 2.05) is 19.1 Å². The summed E-state index contributed by atoms with van der Waals surface area (Å²) in [6.07, 6.45) is 3.00. The average Bonchev–Trinajstić information content (AvgIpc) is 3.30. The van der Waals surface area contributed by atoms with Crippen LogP contribution >= 0.6 is 0 Å². The van der Waals surface area contributed by atoms with Gasteiger partial charge in [-0.2, -0.15) is 0 Å². The highest BCUT2D eigenvalue weighted by atomic mass is 16.5. The van der Waals surface area contributed by atoms with Crippen LogP contribution in [0.25, 0.3) is 0 Å². The fraction of sp³-hybridized carbons (Fsp3) is 0.375. The van der Waals surface area contributed by atoms with E-state index in [0.717, 1.165) is 12.0 Å². The van der Waals surface area contributed by atoms with Crippen LogP contribution in [0.2, 0.25) is 0 Å². The lowest BCUT2D eigenvalue weighted by Gasteiger charge is -2.24. The number of nitrogens with two attached hydrogens (primary N) is 1. The molecule has 9 nitrogen and oxygen atoms in total. The average molecular weight is 455 g/mol. The number of aromatic nitrogens is 2. The molecule has 1 amide bonds. The first-order chi connectivity index (χ1) is 15.8. The Morgan fingerprint density at radius 1 is 1.21 bits per heavy atom. The lowest BCUT2D eigenvalue weighted by Crippen LogP contribution is -2.42. The summed E-state index contributed by atoms with van der Waals surface area (Å²) < 4.78 is 12.3. The molecule has 0 bridgehead atoms. The number of aromatic amines is 1. The van der Waals surface area contributed by atoms with Crippen molar-refractivity contribution in [1.29, 1.82) is 0 Å². The zero-order chi connectivity index (χ0) is 24.0. The monoisotopic (exact) mass is 454 g/mol. The number of carbonyl (C=O) groups excluding carboxylic acids is 1. The summed E-state index contributed by atoms with van der Waals surface area (Å²) in [7, 11) is 0. The maximum absolute atomic E-state index is 13.2. The lowest BCUT2D eigenvalue weighted by molar-refractivity contribution is -0.120. The minimum absolute atomic E-state index is 0.0409. The van der Waals surface area contributed by atoms with E-state index >= 15 is 0 Å². The van der Waals surface area contributed by atoms with Crippen LogP contribution < -0.4 is 26.6 Å². The van der Waals surface area contributed by atoms with Crippen molar-refractivity contribution in [2.75, 3.05) is 17.2 Å². The van der Waals surface area contributed by atoms with E-state index in [9.17, 15) is 14.4 Å². The molecular weight excluding hydrogens is 424 g/mol. The Balaban J connectivity index is 1.91. The molecule has 2 heterocycles. The van der Waals surface area contributed by atoms with Crippen LogP contribution in [0.5, 0.6) is 5.75 Å². The van der Waals surface area contributed by atoms with E-state index in [-0.39, 0.29) is 24.7 Å². The third-order valence-electron chi connectivity index (χ3n) is 5.32. The van der Waals surface area contributed by atoms with Crippen LogP contribution in [0, 0.1) is 0 Å². The maximum atomic E-state index is 13.2. The van der Waals surface area contributed by atoms with Crippen molar-refractivity contribution in [1.82, 2.24) is 9.55 Å². The smallest absolute Gasteiger partial charge is 0.330 e. The van der Waals surface area contributed by atoms with Gasteiger partial charge < -0.3 is 14.9 Å². The van der Waals surface area contributed by atoms with Gasteiger partial charge in [0.05, 0.1) is 12.8 Å². The van der Waals surface area contributed by atoms with Gasteiger partial charge in [-0.3, -0.25) is 24.0 Å². The van der Waals surface area contributed by atoms with E-state index in [1.54, 1.807) is 24.3 Å². The van der Waals surface area contributed by atoms with Gasteiger partial charge >= 0.3 is 5.69 Å². The molecule has 0 aliphatic carbocycles. The molecule has 3 N–H and O–H groups in total. The molecule has 0 unspecified atom stereocenters. The summed E-state index contributed by atoms with van der Waals surface area (Å²) in [6.45, 7) is 6.12. The Kier molecular flexibility index (Phi) is 7.76. The molecule has 33 heavy (non-hydrogen) atoms. The number of benzene rings is 1. The number of anilines is 2. The first kappa shape index (κ1) is 23.9. The van der Waals surface area contributed by atoms with Crippen LogP contribution in [0.4, 0.5) is 11.5 Å². The lowest BCUT2D eigenvalue weighted by atomic mass is 10.0. The van der Waals surface area contributed by atoms with Crippen molar-refractivity contribution < 1.29 is 13.9 Å². The maximum Gasteiger partial charge on any atom is 0.330 e. The molecule has 1 aromatic carbocycles. The molecule has 0 aliphatic heterocycles. The molecule has 3 rings (SSSR count). The zero-order valence-electron chi connectivity index (χ0n) is 19.2. The van der Waals surface area contributed by atoms with Crippen LogP contribution in [0.15, 0.2) is 56.7 Å². The molecule has 0 spiro atoms. The second-order valence-electron chi connectivity index (χ2n) is 8.07. The number of nitrogen functional groups attached to an aromatic ring is 1. The Morgan fingerprint density at radius 2 is 1.94 bits per heavy atom. The van der Waals surface area contributed by atoms with E-state index in [4.69, 9.17) is 14.9 Å². The second-order valence-corrected chi connectivity index (χ2v) is 8.07. The fourth-order valence-corrected chi connectivity index (χ4v) is 3.40. The number of hydrogen-bond donors (Lipinski definition) is 2. The number of amides is 1. The van der Waals surface area contributed by atoms with Crippen LogP contribution in [0.1, 0.15) is 50.9 Å². The summed E-state index contributed by atoms with van der Waals surface area (Å²) in [5.74, 6) is 0.786. The van der Waals surface area contributed by atoms with Crippen molar-refractivity contribution in [3.8, 4) is 5.75 Å². The molecule has 0 radical (unpaired) electrons. The molecule has 0 saturated carbocycles. The van der Waals surface area contributed by atoms with Gasteiger partial charge in [-0.25, -0.2) is 4.79 Å². The van der Waals surface area contributed by atoms with Crippen molar-refractivity contribution in [2.24, 2.45) is 0 Å². The topological polar surface area (TPSA) is 124 Å². The molecule has 176 valence electrons. The largest absolute Gasteiger partial charge is 0.484 e. The number of rotatable bonds is 10. The molecule has 0 atom stereocenters. The zero-order valence-corrected chi connectivity index (χ0v) is 19.2. The van der Waals surface area contributed by atoms with Crippen molar-refractivity contribution in [3.05, 3.63) is 74.8 Å². The Bertz CT molecular complexity index is 1180. The first-order valence-electron chi connectivity index (χ1n) is 11.0. The van der Waals surface area contributed by atoms with E-state index in [0.29, 0.717) is 30.4 Å². The number of H-pyrrole nitrogens is 1. The van der Waals surface area contributed by atoms with E-state index < -0.39 is 17.2 Å². The number of hydrogen-bond acceptors (Lipinski definition) is 6. The summed E-state index contributed by atoms with van der Waals surface area (Å²) >= 11 is 0. The second kappa shape index (κ2) is 10.7. The van der Waals surface area contributed by atoms with Crippen molar-refractivity contribution in [3.63, 3.8) is 0 Å². The van der Waals surface area contributed by atoms with Gasteiger partial charge in [0.1, 0.15) is 17.3 Å². The van der Waals surface area contributed by atoms with E-state index in [1.165, 1.54) is 15.7 Å². The normalized spacial score (nSPS) is 11.0. The van der Waals surface area contributed by atoms with Gasteiger partial charge in [-0.1, -0.05) is 39.3 Å². The van der Waals surface area contributed by atoms with E-state index in [2.05, 4.69) is 18.8 Å². The highest BCUT2D eigenvalue weighted by molar-refractivity contribution is 5.96. The minimum atomic E-state index is -0.744. The number of nitrogens with zero attached hydrogens (tertiary/aromatic N) is 2. The molecule has 9 heteroatoms. The quantitative estimate of drug-likeness (QED) is 0.485.